The molecule has 2 aromatic rings. The van der Waals surface area contributed by atoms with Crippen molar-refractivity contribution in [1.82, 2.24) is 9.88 Å². The number of rotatable bonds is 1. The zero-order valence-corrected chi connectivity index (χ0v) is 9.69. The van der Waals surface area contributed by atoms with Gasteiger partial charge in [-0.2, -0.15) is 0 Å². The first-order valence-corrected chi connectivity index (χ1v) is 5.89. The molecule has 2 N–H and O–H groups in total. The van der Waals surface area contributed by atoms with E-state index in [1.54, 1.807) is 6.07 Å². The Labute approximate surface area is 103 Å². The minimum atomic E-state index is -0.886. The first-order chi connectivity index (χ1) is 8.65. The number of nitrogens with one attached hydrogen (secondary N) is 1. The molecule has 94 valence electrons. The molecule has 1 saturated heterocycles. The van der Waals surface area contributed by atoms with Gasteiger partial charge in [0.05, 0.1) is 0 Å². The highest BCUT2D eigenvalue weighted by molar-refractivity contribution is 5.84. The van der Waals surface area contributed by atoms with Crippen LogP contribution in [0.25, 0.3) is 10.9 Å². The molecule has 0 aliphatic carbocycles. The van der Waals surface area contributed by atoms with E-state index >= 15 is 0 Å². The average molecular weight is 248 g/mol. The van der Waals surface area contributed by atoms with Crippen LogP contribution in [0.1, 0.15) is 17.9 Å². The number of carbonyl (C=O) groups is 1. The molecule has 0 saturated carbocycles. The third kappa shape index (κ3) is 1.72. The second-order valence-corrected chi connectivity index (χ2v) is 4.65. The van der Waals surface area contributed by atoms with Crippen molar-refractivity contribution < 1.29 is 14.3 Å². The van der Waals surface area contributed by atoms with Gasteiger partial charge < -0.3 is 15.0 Å². The largest absolute Gasteiger partial charge is 0.465 e. The molecule has 4 nitrogen and oxygen atoms in total. The molecule has 5 heteroatoms. The Hall–Kier alpha value is -2.04. The number of amides is 1. The lowest BCUT2D eigenvalue weighted by atomic mass is 9.98. The van der Waals surface area contributed by atoms with Crippen LogP contribution in [0.2, 0.25) is 0 Å². The van der Waals surface area contributed by atoms with Crippen molar-refractivity contribution in [2.75, 3.05) is 13.1 Å². The molecular formula is C13H13FN2O2. The molecule has 0 radical (unpaired) electrons. The van der Waals surface area contributed by atoms with Crippen LogP contribution < -0.4 is 0 Å². The fourth-order valence-corrected chi connectivity index (χ4v) is 2.64. The Kier molecular flexibility index (Phi) is 2.47. The highest BCUT2D eigenvalue weighted by atomic mass is 19.1. The van der Waals surface area contributed by atoms with Crippen LogP contribution in [-0.4, -0.2) is 34.2 Å². The normalized spacial score (nSPS) is 19.6. The number of likely N-dealkylation sites (tertiary alicyclic amines) is 1. The second kappa shape index (κ2) is 4.01. The molecule has 0 spiro atoms. The number of aromatic amines is 1. The van der Waals surface area contributed by atoms with Crippen LogP contribution in [-0.2, 0) is 0 Å². The monoisotopic (exact) mass is 248 g/mol. The summed E-state index contributed by atoms with van der Waals surface area (Å²) in [5.41, 5.74) is 1.90. The van der Waals surface area contributed by atoms with Crippen LogP contribution in [0.15, 0.2) is 24.4 Å². The van der Waals surface area contributed by atoms with Crippen molar-refractivity contribution in [3.05, 3.63) is 35.8 Å². The van der Waals surface area contributed by atoms with Crippen molar-refractivity contribution in [3.63, 3.8) is 0 Å². The summed E-state index contributed by atoms with van der Waals surface area (Å²) in [5, 5.41) is 9.80. The fraction of sp³-hybridized carbons (Fsp3) is 0.308. The van der Waals surface area contributed by atoms with Crippen LogP contribution in [0, 0.1) is 5.82 Å². The quantitative estimate of drug-likeness (QED) is 0.815. The lowest BCUT2D eigenvalue weighted by molar-refractivity contribution is 0.155. The zero-order valence-electron chi connectivity index (χ0n) is 9.69. The van der Waals surface area contributed by atoms with Gasteiger partial charge in [-0.05, 0) is 30.2 Å². The molecule has 1 atom stereocenters. The van der Waals surface area contributed by atoms with E-state index in [0.717, 1.165) is 22.9 Å². The van der Waals surface area contributed by atoms with Crippen molar-refractivity contribution in [1.29, 1.82) is 0 Å². The number of fused-ring (bicyclic) bond motifs is 1. The molecule has 1 fully saturated rings. The fourth-order valence-electron chi connectivity index (χ4n) is 2.64. The van der Waals surface area contributed by atoms with E-state index in [2.05, 4.69) is 4.98 Å². The summed E-state index contributed by atoms with van der Waals surface area (Å²) in [6.45, 7) is 1.03. The number of halogens is 1. The molecule has 1 amide bonds. The predicted molar refractivity (Wildman–Crippen MR) is 65.2 cm³/mol. The Morgan fingerprint density at radius 2 is 2.33 bits per heavy atom. The van der Waals surface area contributed by atoms with E-state index in [4.69, 9.17) is 5.11 Å². The Bertz CT molecular complexity index is 608. The van der Waals surface area contributed by atoms with Gasteiger partial charge in [-0.1, -0.05) is 0 Å². The van der Waals surface area contributed by atoms with E-state index in [0.29, 0.717) is 13.1 Å². The standard InChI is InChI=1S/C13H13FN2O2/c14-9-1-2-12-10(5-9)11(6-15-12)8-3-4-16(7-8)13(17)18/h1-2,5-6,8,15H,3-4,7H2,(H,17,18). The van der Waals surface area contributed by atoms with Gasteiger partial charge in [0.15, 0.2) is 0 Å². The third-order valence-electron chi connectivity index (χ3n) is 3.57. The van der Waals surface area contributed by atoms with E-state index in [9.17, 15) is 9.18 Å². The van der Waals surface area contributed by atoms with Gasteiger partial charge >= 0.3 is 6.09 Å². The summed E-state index contributed by atoms with van der Waals surface area (Å²) in [4.78, 5) is 15.4. The predicted octanol–water partition coefficient (Wildman–Crippen LogP) is 2.77. The SMILES string of the molecule is O=C(O)N1CCC(c2c[nH]c3ccc(F)cc23)C1. The first-order valence-electron chi connectivity index (χ1n) is 5.89. The second-order valence-electron chi connectivity index (χ2n) is 4.65. The van der Waals surface area contributed by atoms with Gasteiger partial charge in [0.1, 0.15) is 5.82 Å². The molecule has 3 rings (SSSR count). The summed E-state index contributed by atoms with van der Waals surface area (Å²) in [5.74, 6) is -0.118. The number of hydrogen-bond donors (Lipinski definition) is 2. The van der Waals surface area contributed by atoms with Gasteiger partial charge in [0.25, 0.3) is 0 Å². The highest BCUT2D eigenvalue weighted by Crippen LogP contribution is 2.32. The Morgan fingerprint density at radius 1 is 1.50 bits per heavy atom. The summed E-state index contributed by atoms with van der Waals surface area (Å²) < 4.78 is 13.3. The van der Waals surface area contributed by atoms with Gasteiger partial charge in [-0.3, -0.25) is 0 Å². The smallest absolute Gasteiger partial charge is 0.407 e. The van der Waals surface area contributed by atoms with Crippen LogP contribution in [0.4, 0.5) is 9.18 Å². The number of hydrogen-bond acceptors (Lipinski definition) is 1. The zero-order chi connectivity index (χ0) is 12.7. The minimum Gasteiger partial charge on any atom is -0.465 e. The molecule has 2 heterocycles. The topological polar surface area (TPSA) is 56.3 Å². The molecule has 1 aliphatic rings. The van der Waals surface area contributed by atoms with Crippen molar-refractivity contribution in [2.24, 2.45) is 0 Å². The van der Waals surface area contributed by atoms with Gasteiger partial charge in [0.2, 0.25) is 0 Å². The van der Waals surface area contributed by atoms with E-state index in [1.807, 2.05) is 6.20 Å². The Balaban J connectivity index is 1.95. The number of carboxylic acid groups (broad SMARTS) is 1. The first kappa shape index (κ1) is 11.1. The lowest BCUT2D eigenvalue weighted by Crippen LogP contribution is -2.26. The maximum atomic E-state index is 13.3. The molecule has 1 aliphatic heterocycles. The minimum absolute atomic E-state index is 0.150. The average Bonchev–Trinajstić information content (AvgIpc) is 2.93. The molecule has 0 bridgehead atoms. The molecular weight excluding hydrogens is 235 g/mol. The summed E-state index contributed by atoms with van der Waals surface area (Å²) >= 11 is 0. The van der Waals surface area contributed by atoms with Crippen molar-refractivity contribution >= 4 is 17.0 Å². The van der Waals surface area contributed by atoms with Crippen LogP contribution >= 0.6 is 0 Å². The number of benzene rings is 1. The molecule has 1 unspecified atom stereocenters. The van der Waals surface area contributed by atoms with E-state index < -0.39 is 6.09 Å². The van der Waals surface area contributed by atoms with Crippen molar-refractivity contribution in [3.8, 4) is 0 Å². The number of nitrogens with zero attached hydrogens (tertiary/aromatic N) is 1. The van der Waals surface area contributed by atoms with E-state index in [-0.39, 0.29) is 11.7 Å². The summed E-state index contributed by atoms with van der Waals surface area (Å²) in [7, 11) is 0. The molecule has 1 aromatic carbocycles. The lowest BCUT2D eigenvalue weighted by Gasteiger charge is -2.11. The van der Waals surface area contributed by atoms with Crippen LogP contribution in [0.5, 0.6) is 0 Å². The number of H-pyrrole nitrogens is 1. The number of aromatic nitrogens is 1. The van der Waals surface area contributed by atoms with Gasteiger partial charge in [-0.15, -0.1) is 0 Å². The van der Waals surface area contributed by atoms with Gasteiger partial charge in [-0.25, -0.2) is 9.18 Å². The summed E-state index contributed by atoms with van der Waals surface area (Å²) in [6, 6.07) is 4.63. The third-order valence-corrected chi connectivity index (χ3v) is 3.57. The maximum absolute atomic E-state index is 13.3. The van der Waals surface area contributed by atoms with Crippen LogP contribution in [0.3, 0.4) is 0 Å². The highest BCUT2D eigenvalue weighted by Gasteiger charge is 2.28. The molecule has 18 heavy (non-hydrogen) atoms. The Morgan fingerprint density at radius 3 is 3.06 bits per heavy atom. The molecule has 1 aromatic heterocycles. The van der Waals surface area contributed by atoms with E-state index in [1.165, 1.54) is 17.0 Å². The maximum Gasteiger partial charge on any atom is 0.407 e. The van der Waals surface area contributed by atoms with Crippen molar-refractivity contribution in [2.45, 2.75) is 12.3 Å². The summed E-state index contributed by atoms with van der Waals surface area (Å²) in [6.07, 6.45) is 1.76. The van der Waals surface area contributed by atoms with Gasteiger partial charge in [0, 0.05) is 36.1 Å².